The van der Waals surface area contributed by atoms with E-state index >= 15 is 0 Å². The highest BCUT2D eigenvalue weighted by Crippen LogP contribution is 2.27. The summed E-state index contributed by atoms with van der Waals surface area (Å²) in [6.07, 6.45) is -0.0410. The van der Waals surface area contributed by atoms with Gasteiger partial charge in [-0.15, -0.1) is 0 Å². The van der Waals surface area contributed by atoms with Gasteiger partial charge in [0.2, 0.25) is 0 Å². The number of amides is 1. The van der Waals surface area contributed by atoms with Gasteiger partial charge in [0.25, 0.3) is 0 Å². The quantitative estimate of drug-likeness (QED) is 0.793. The highest BCUT2D eigenvalue weighted by molar-refractivity contribution is 9.10. The molecule has 1 aromatic carbocycles. The zero-order valence-corrected chi connectivity index (χ0v) is 16.6. The molecule has 0 saturated heterocycles. The fourth-order valence-corrected chi connectivity index (χ4v) is 3.34. The van der Waals surface area contributed by atoms with Crippen LogP contribution < -0.4 is 5.32 Å². The summed E-state index contributed by atoms with van der Waals surface area (Å²) < 4.78 is 6.20. The number of carbonyl (C=O) groups is 2. The average Bonchev–Trinajstić information content (AvgIpc) is 2.49. The Balaban J connectivity index is 2.07. The summed E-state index contributed by atoms with van der Waals surface area (Å²) in [7, 11) is 0. The Morgan fingerprint density at radius 3 is 2.68 bits per heavy atom. The molecule has 1 aliphatic heterocycles. The minimum absolute atomic E-state index is 0.138. The Bertz CT molecular complexity index is 657. The zero-order chi connectivity index (χ0) is 18.8. The van der Waals surface area contributed by atoms with Crippen LogP contribution in [0.15, 0.2) is 22.7 Å². The molecule has 0 saturated carbocycles. The summed E-state index contributed by atoms with van der Waals surface area (Å²) in [6, 6.07) is 5.18. The van der Waals surface area contributed by atoms with E-state index in [1.807, 2.05) is 30.0 Å². The van der Waals surface area contributed by atoms with Gasteiger partial charge in [-0.05, 0) is 57.4 Å². The van der Waals surface area contributed by atoms with E-state index in [1.54, 1.807) is 20.8 Å². The zero-order valence-electron chi connectivity index (χ0n) is 15.0. The molecule has 25 heavy (non-hydrogen) atoms. The largest absolute Gasteiger partial charge is 0.480 e. The molecule has 0 radical (unpaired) electrons. The summed E-state index contributed by atoms with van der Waals surface area (Å²) in [6.45, 7) is 8.17. The molecule has 0 aromatic heterocycles. The predicted octanol–water partition coefficient (Wildman–Crippen LogP) is 3.17. The first-order chi connectivity index (χ1) is 11.6. The van der Waals surface area contributed by atoms with Crippen LogP contribution in [0.5, 0.6) is 0 Å². The lowest BCUT2D eigenvalue weighted by molar-refractivity contribution is -0.144. The average molecular weight is 413 g/mol. The Hall–Kier alpha value is -1.60. The molecule has 7 heteroatoms. The second kappa shape index (κ2) is 7.74. The standard InChI is InChI=1S/C18H25BrN2O4/c1-11(9-20-17(24)25-18(2,3)4)21-10-13-7-14(19)6-5-12(13)8-15(21)16(22)23/h5-7,11,15H,8-10H2,1-4H3,(H,20,24)(H,22,23)/t11?,15-/m0/s1. The maximum atomic E-state index is 11.8. The van der Waals surface area contributed by atoms with Crippen molar-refractivity contribution in [3.8, 4) is 0 Å². The summed E-state index contributed by atoms with van der Waals surface area (Å²) in [5, 5.41) is 12.3. The molecule has 6 nitrogen and oxygen atoms in total. The second-order valence-electron chi connectivity index (χ2n) is 7.38. The highest BCUT2D eigenvalue weighted by atomic mass is 79.9. The van der Waals surface area contributed by atoms with E-state index in [4.69, 9.17) is 4.74 Å². The van der Waals surface area contributed by atoms with Gasteiger partial charge >= 0.3 is 12.1 Å². The molecule has 0 spiro atoms. The van der Waals surface area contributed by atoms with Crippen molar-refractivity contribution < 1.29 is 19.4 Å². The number of hydrogen-bond acceptors (Lipinski definition) is 4. The van der Waals surface area contributed by atoms with Crippen molar-refractivity contribution in [3.63, 3.8) is 0 Å². The maximum Gasteiger partial charge on any atom is 0.407 e. The van der Waals surface area contributed by atoms with Gasteiger partial charge < -0.3 is 15.2 Å². The lowest BCUT2D eigenvalue weighted by Gasteiger charge is -2.38. The minimum atomic E-state index is -0.849. The third kappa shape index (κ3) is 5.44. The Labute approximate surface area is 156 Å². The van der Waals surface area contributed by atoms with Crippen molar-refractivity contribution in [2.75, 3.05) is 6.54 Å². The summed E-state index contributed by atoms with van der Waals surface area (Å²) in [4.78, 5) is 25.4. The second-order valence-corrected chi connectivity index (χ2v) is 8.29. The summed E-state index contributed by atoms with van der Waals surface area (Å²) >= 11 is 3.46. The normalized spacial score (nSPS) is 19.0. The molecule has 0 fully saturated rings. The van der Waals surface area contributed by atoms with Crippen LogP contribution >= 0.6 is 15.9 Å². The number of halogens is 1. The van der Waals surface area contributed by atoms with E-state index < -0.39 is 23.7 Å². The van der Waals surface area contributed by atoms with Crippen LogP contribution in [-0.4, -0.2) is 46.3 Å². The SMILES string of the molecule is CC(CNC(=O)OC(C)(C)C)N1Cc2cc(Br)ccc2C[C@H]1C(=O)O. The van der Waals surface area contributed by atoms with Crippen LogP contribution in [-0.2, 0) is 22.5 Å². The van der Waals surface area contributed by atoms with Gasteiger partial charge in [0.05, 0.1) is 0 Å². The first kappa shape index (κ1) is 19.7. The topological polar surface area (TPSA) is 78.9 Å². The number of ether oxygens (including phenoxy) is 1. The first-order valence-corrected chi connectivity index (χ1v) is 9.09. The third-order valence-corrected chi connectivity index (χ3v) is 4.62. The molecule has 1 heterocycles. The van der Waals surface area contributed by atoms with Crippen molar-refractivity contribution in [1.29, 1.82) is 0 Å². The number of carbonyl (C=O) groups excluding carboxylic acids is 1. The molecule has 1 aliphatic rings. The van der Waals surface area contributed by atoms with E-state index in [-0.39, 0.29) is 6.04 Å². The van der Waals surface area contributed by atoms with Crippen LogP contribution in [0.1, 0.15) is 38.8 Å². The molecule has 0 aliphatic carbocycles. The van der Waals surface area contributed by atoms with Gasteiger partial charge in [-0.2, -0.15) is 0 Å². The number of hydrogen-bond donors (Lipinski definition) is 2. The summed E-state index contributed by atoms with van der Waals surface area (Å²) in [5.74, 6) is -0.849. The molecule has 0 bridgehead atoms. The number of nitrogens with one attached hydrogen (secondary N) is 1. The first-order valence-electron chi connectivity index (χ1n) is 8.29. The Kier molecular flexibility index (Phi) is 6.11. The van der Waals surface area contributed by atoms with Crippen molar-refractivity contribution in [2.24, 2.45) is 0 Å². The van der Waals surface area contributed by atoms with E-state index in [0.717, 1.165) is 15.6 Å². The third-order valence-electron chi connectivity index (χ3n) is 4.13. The van der Waals surface area contributed by atoms with Gasteiger partial charge in [0.15, 0.2) is 0 Å². The van der Waals surface area contributed by atoms with E-state index in [1.165, 1.54) is 0 Å². The van der Waals surface area contributed by atoms with Crippen molar-refractivity contribution in [1.82, 2.24) is 10.2 Å². The van der Waals surface area contributed by atoms with Crippen molar-refractivity contribution >= 4 is 28.0 Å². The minimum Gasteiger partial charge on any atom is -0.480 e. The lowest BCUT2D eigenvalue weighted by Crippen LogP contribution is -2.53. The molecule has 2 rings (SSSR count). The van der Waals surface area contributed by atoms with Gasteiger partial charge in [-0.25, -0.2) is 4.79 Å². The number of benzene rings is 1. The number of alkyl carbamates (subject to hydrolysis) is 1. The van der Waals surface area contributed by atoms with Crippen LogP contribution in [0.2, 0.25) is 0 Å². The fourth-order valence-electron chi connectivity index (χ4n) is 2.93. The number of carboxylic acids is 1. The number of carboxylic acid groups (broad SMARTS) is 1. The van der Waals surface area contributed by atoms with Crippen LogP contribution in [0, 0.1) is 0 Å². The highest BCUT2D eigenvalue weighted by Gasteiger charge is 2.34. The molecule has 138 valence electrons. The molecule has 2 atom stereocenters. The summed E-state index contributed by atoms with van der Waals surface area (Å²) in [5.41, 5.74) is 1.60. The predicted molar refractivity (Wildman–Crippen MR) is 98.5 cm³/mol. The molecule has 2 N–H and O–H groups in total. The van der Waals surface area contributed by atoms with E-state index in [9.17, 15) is 14.7 Å². The van der Waals surface area contributed by atoms with Crippen molar-refractivity contribution in [2.45, 2.75) is 58.3 Å². The molecule has 1 unspecified atom stereocenters. The van der Waals surface area contributed by atoms with Crippen molar-refractivity contribution in [3.05, 3.63) is 33.8 Å². The van der Waals surface area contributed by atoms with E-state index in [0.29, 0.717) is 19.5 Å². The van der Waals surface area contributed by atoms with Gasteiger partial charge in [-0.1, -0.05) is 22.0 Å². The molecule has 1 aromatic rings. The molecule has 1 amide bonds. The van der Waals surface area contributed by atoms with Crippen LogP contribution in [0.4, 0.5) is 4.79 Å². The van der Waals surface area contributed by atoms with Gasteiger partial charge in [0.1, 0.15) is 11.6 Å². The Morgan fingerprint density at radius 1 is 1.40 bits per heavy atom. The molecular formula is C18H25BrN2O4. The number of fused-ring (bicyclic) bond motifs is 1. The van der Waals surface area contributed by atoms with Crippen LogP contribution in [0.3, 0.4) is 0 Å². The lowest BCUT2D eigenvalue weighted by atomic mass is 9.93. The smallest absolute Gasteiger partial charge is 0.407 e. The number of aliphatic carboxylic acids is 1. The van der Waals surface area contributed by atoms with Crippen LogP contribution in [0.25, 0.3) is 0 Å². The monoisotopic (exact) mass is 412 g/mol. The Morgan fingerprint density at radius 2 is 2.08 bits per heavy atom. The van der Waals surface area contributed by atoms with Gasteiger partial charge in [0, 0.05) is 23.6 Å². The van der Waals surface area contributed by atoms with E-state index in [2.05, 4.69) is 21.2 Å². The maximum absolute atomic E-state index is 11.8. The molecular weight excluding hydrogens is 388 g/mol. The number of rotatable bonds is 4. The fraction of sp³-hybridized carbons (Fsp3) is 0.556. The number of nitrogens with zero attached hydrogens (tertiary/aromatic N) is 1. The van der Waals surface area contributed by atoms with Gasteiger partial charge in [-0.3, -0.25) is 9.69 Å².